The van der Waals surface area contributed by atoms with E-state index in [1.807, 2.05) is 72.8 Å². The van der Waals surface area contributed by atoms with Crippen molar-refractivity contribution in [3.63, 3.8) is 0 Å². The number of hydrogen-bond acceptors (Lipinski definition) is 4. The number of benzene rings is 6. The minimum absolute atomic E-state index is 0.611. The smallest absolute Gasteiger partial charge is 0.164 e. The van der Waals surface area contributed by atoms with Crippen LogP contribution in [0.25, 0.3) is 78.4 Å². The number of rotatable bonds is 5. The third-order valence-electron chi connectivity index (χ3n) is 9.94. The van der Waals surface area contributed by atoms with Gasteiger partial charge in [-0.2, -0.15) is 0 Å². The highest BCUT2D eigenvalue weighted by molar-refractivity contribution is 6.68. The highest BCUT2D eigenvalue weighted by Crippen LogP contribution is 2.38. The zero-order valence-electron chi connectivity index (χ0n) is 27.8. The largest absolute Gasteiger partial charge is 0.456 e. The Kier molecular flexibility index (Phi) is 7.41. The van der Waals surface area contributed by atoms with E-state index in [4.69, 9.17) is 19.4 Å². The summed E-state index contributed by atoms with van der Waals surface area (Å²) in [6.45, 7) is 0. The van der Waals surface area contributed by atoms with Crippen LogP contribution < -0.4 is 27.3 Å². The number of aromatic nitrogens is 3. The fourth-order valence-electron chi connectivity index (χ4n) is 6.88. The zero-order valence-corrected chi connectivity index (χ0v) is 27.8. The van der Waals surface area contributed by atoms with Crippen molar-refractivity contribution < 1.29 is 4.42 Å². The van der Waals surface area contributed by atoms with Crippen LogP contribution in [-0.4, -0.2) is 54.2 Å². The van der Waals surface area contributed by atoms with E-state index in [1.54, 1.807) is 0 Å². The molecule has 0 unspecified atom stereocenters. The fraction of sp³-hybridized carbons (Fsp3) is 0. The molecule has 6 aromatic carbocycles. The first-order chi connectivity index (χ1) is 23.4. The summed E-state index contributed by atoms with van der Waals surface area (Å²) in [5.41, 5.74) is 16.1. The first-order valence-electron chi connectivity index (χ1n) is 16.4. The zero-order chi connectivity index (χ0) is 32.9. The van der Waals surface area contributed by atoms with Crippen molar-refractivity contribution >= 4 is 88.5 Å². The van der Waals surface area contributed by atoms with Gasteiger partial charge >= 0.3 is 0 Å². The van der Waals surface area contributed by atoms with Gasteiger partial charge in [-0.1, -0.05) is 114 Å². The Bertz CT molecular complexity index is 2410. The Balaban J connectivity index is 1.26. The molecule has 222 valence electrons. The maximum Gasteiger partial charge on any atom is 0.164 e. The Hall–Kier alpha value is -5.55. The van der Waals surface area contributed by atoms with Crippen LogP contribution in [0.5, 0.6) is 0 Å². The van der Waals surface area contributed by atoms with Gasteiger partial charge in [-0.25, -0.2) is 15.0 Å². The average molecular weight is 611 g/mol. The Morgan fingerprint density at radius 2 is 0.917 bits per heavy atom. The van der Waals surface area contributed by atoms with Gasteiger partial charge in [-0.05, 0) is 40.5 Å². The predicted octanol–water partition coefficient (Wildman–Crippen LogP) is 1.40. The van der Waals surface area contributed by atoms with Gasteiger partial charge in [-0.3, -0.25) is 0 Å². The SMILES string of the molecule is Bc1c(B)c(B)c(-c2ccc(-c3ccc4oc5cccc(-c6nc(-c7ccccc7)nc(-c7ccccc7)n6)c5c4c3)cc2)c(B)c1B. The molecule has 2 heterocycles. The van der Waals surface area contributed by atoms with Crippen LogP contribution in [-0.2, 0) is 0 Å². The van der Waals surface area contributed by atoms with E-state index >= 15 is 0 Å². The Labute approximate surface area is 284 Å². The Morgan fingerprint density at radius 3 is 1.52 bits per heavy atom. The van der Waals surface area contributed by atoms with E-state index in [0.29, 0.717) is 17.5 Å². The van der Waals surface area contributed by atoms with Crippen LogP contribution in [0.15, 0.2) is 126 Å². The van der Waals surface area contributed by atoms with Gasteiger partial charge in [0.05, 0.1) is 0 Å². The third kappa shape index (κ3) is 5.07. The number of furan rings is 1. The summed E-state index contributed by atoms with van der Waals surface area (Å²) in [5.74, 6) is 1.88. The number of fused-ring (bicyclic) bond motifs is 3. The van der Waals surface area contributed by atoms with Crippen LogP contribution in [0.2, 0.25) is 0 Å². The summed E-state index contributed by atoms with van der Waals surface area (Å²) in [5, 5.41) is 2.02. The molecule has 8 rings (SSSR count). The first-order valence-corrected chi connectivity index (χ1v) is 16.4. The molecular formula is C39H30B5N3O. The van der Waals surface area contributed by atoms with E-state index in [2.05, 4.69) is 87.8 Å². The van der Waals surface area contributed by atoms with Crippen molar-refractivity contribution in [2.24, 2.45) is 0 Å². The quantitative estimate of drug-likeness (QED) is 0.277. The highest BCUT2D eigenvalue weighted by atomic mass is 16.3. The third-order valence-corrected chi connectivity index (χ3v) is 9.94. The lowest BCUT2D eigenvalue weighted by Gasteiger charge is -2.20. The van der Waals surface area contributed by atoms with Crippen molar-refractivity contribution in [2.75, 3.05) is 0 Å². The van der Waals surface area contributed by atoms with E-state index in [9.17, 15) is 0 Å². The van der Waals surface area contributed by atoms with Crippen molar-refractivity contribution in [1.82, 2.24) is 15.0 Å². The molecule has 0 amide bonds. The predicted molar refractivity (Wildman–Crippen MR) is 215 cm³/mol. The van der Waals surface area contributed by atoms with Gasteiger partial charge in [0.2, 0.25) is 0 Å². The molecule has 0 bridgehead atoms. The maximum absolute atomic E-state index is 6.40. The Morgan fingerprint density at radius 1 is 0.396 bits per heavy atom. The molecule has 0 radical (unpaired) electrons. The second-order valence-corrected chi connectivity index (χ2v) is 12.6. The monoisotopic (exact) mass is 611 g/mol. The molecule has 0 spiro atoms. The van der Waals surface area contributed by atoms with Crippen LogP contribution in [0.1, 0.15) is 0 Å². The molecule has 0 saturated carbocycles. The van der Waals surface area contributed by atoms with Gasteiger partial charge in [0.15, 0.2) is 17.5 Å². The molecule has 0 saturated heterocycles. The van der Waals surface area contributed by atoms with Gasteiger partial charge < -0.3 is 4.42 Å². The van der Waals surface area contributed by atoms with Crippen molar-refractivity contribution in [2.45, 2.75) is 0 Å². The van der Waals surface area contributed by atoms with E-state index in [1.165, 1.54) is 38.4 Å². The minimum Gasteiger partial charge on any atom is -0.456 e. The number of hydrogen-bond donors (Lipinski definition) is 0. The summed E-state index contributed by atoms with van der Waals surface area (Å²) in [6, 6.07) is 41.6. The van der Waals surface area contributed by atoms with Gasteiger partial charge in [0.25, 0.3) is 0 Å². The molecule has 9 heteroatoms. The molecule has 4 nitrogen and oxygen atoms in total. The summed E-state index contributed by atoms with van der Waals surface area (Å²) in [6.07, 6.45) is 0. The van der Waals surface area contributed by atoms with E-state index in [-0.39, 0.29) is 0 Å². The lowest BCUT2D eigenvalue weighted by Crippen LogP contribution is -2.55. The van der Waals surface area contributed by atoms with Crippen LogP contribution in [0, 0.1) is 0 Å². The lowest BCUT2D eigenvalue weighted by atomic mass is 9.59. The molecule has 48 heavy (non-hydrogen) atoms. The van der Waals surface area contributed by atoms with Crippen LogP contribution in [0.4, 0.5) is 0 Å². The van der Waals surface area contributed by atoms with E-state index in [0.717, 1.165) is 49.8 Å². The summed E-state index contributed by atoms with van der Waals surface area (Å²) < 4.78 is 6.40. The second kappa shape index (κ2) is 11.9. The first kappa shape index (κ1) is 29.8. The normalized spacial score (nSPS) is 11.3. The standard InChI is InChI=1S/C39H30B5N3O/c40-32-30(33(41)35(43)36(44)34(32)42)22-16-14-21(15-17-22)25-18-19-28-27(20-25)31-26(12-7-13-29(31)48-28)39-46-37(23-8-3-1-4-9-23)45-38(47-39)24-10-5-2-6-11-24/h1-20H,40-44H2. The number of nitrogens with zero attached hydrogens (tertiary/aromatic N) is 3. The van der Waals surface area contributed by atoms with Crippen molar-refractivity contribution in [3.05, 3.63) is 121 Å². The molecular weight excluding hydrogens is 581 g/mol. The minimum atomic E-state index is 0.611. The summed E-state index contributed by atoms with van der Waals surface area (Å²) >= 11 is 0. The molecule has 0 N–H and O–H groups in total. The molecule has 0 fully saturated rings. The molecule has 0 aliphatic rings. The second-order valence-electron chi connectivity index (χ2n) is 12.6. The van der Waals surface area contributed by atoms with Crippen LogP contribution >= 0.6 is 0 Å². The molecule has 0 aliphatic heterocycles. The summed E-state index contributed by atoms with van der Waals surface area (Å²) in [7, 11) is 11.2. The van der Waals surface area contributed by atoms with Crippen LogP contribution in [0.3, 0.4) is 0 Å². The van der Waals surface area contributed by atoms with E-state index < -0.39 is 0 Å². The topological polar surface area (TPSA) is 51.8 Å². The van der Waals surface area contributed by atoms with Crippen molar-refractivity contribution in [3.8, 4) is 56.4 Å². The molecule has 0 atom stereocenters. The fourth-order valence-corrected chi connectivity index (χ4v) is 6.88. The molecule has 2 aromatic heterocycles. The molecule has 8 aromatic rings. The lowest BCUT2D eigenvalue weighted by molar-refractivity contribution is 0.669. The summed E-state index contributed by atoms with van der Waals surface area (Å²) in [4.78, 5) is 14.9. The van der Waals surface area contributed by atoms with Crippen molar-refractivity contribution in [1.29, 1.82) is 0 Å². The average Bonchev–Trinajstić information content (AvgIpc) is 3.52. The van der Waals surface area contributed by atoms with Gasteiger partial charge in [0.1, 0.15) is 50.4 Å². The maximum atomic E-state index is 6.40. The van der Waals surface area contributed by atoms with Gasteiger partial charge in [0, 0.05) is 27.5 Å². The van der Waals surface area contributed by atoms with Gasteiger partial charge in [-0.15, -0.1) is 16.4 Å². The highest BCUT2D eigenvalue weighted by Gasteiger charge is 2.19. The molecule has 0 aliphatic carbocycles.